The third kappa shape index (κ3) is 3.92. The Balaban J connectivity index is 2.78. The van der Waals surface area contributed by atoms with Crippen LogP contribution in [-0.4, -0.2) is 0 Å². The number of hydrogen-bond acceptors (Lipinski definition) is 1. The third-order valence-corrected chi connectivity index (χ3v) is 3.42. The molecule has 1 rings (SSSR count). The van der Waals surface area contributed by atoms with Crippen LogP contribution >= 0.6 is 0 Å². The summed E-state index contributed by atoms with van der Waals surface area (Å²) >= 11 is 0. The van der Waals surface area contributed by atoms with E-state index in [0.717, 1.165) is 31.4 Å². The molecule has 0 spiro atoms. The van der Waals surface area contributed by atoms with E-state index in [1.807, 2.05) is 6.07 Å². The van der Waals surface area contributed by atoms with Crippen LogP contribution in [0.25, 0.3) is 0 Å². The largest absolute Gasteiger partial charge is 0.399 e. The second-order valence-electron chi connectivity index (χ2n) is 4.90. The molecule has 0 fully saturated rings. The number of rotatable bonds is 6. The molecule has 1 nitrogen and oxygen atoms in total. The molecule has 0 amide bonds. The molecule has 0 aromatic heterocycles. The van der Waals surface area contributed by atoms with Crippen molar-refractivity contribution < 1.29 is 0 Å². The molecule has 0 aliphatic heterocycles. The highest BCUT2D eigenvalue weighted by Gasteiger charge is 2.07. The van der Waals surface area contributed by atoms with Crippen molar-refractivity contribution in [3.63, 3.8) is 0 Å². The van der Waals surface area contributed by atoms with Crippen LogP contribution in [0.3, 0.4) is 0 Å². The van der Waals surface area contributed by atoms with Gasteiger partial charge < -0.3 is 5.73 Å². The van der Waals surface area contributed by atoms with Crippen molar-refractivity contribution in [2.75, 3.05) is 5.73 Å². The lowest BCUT2D eigenvalue weighted by molar-refractivity contribution is 0.655. The van der Waals surface area contributed by atoms with Crippen LogP contribution in [0.5, 0.6) is 0 Å². The maximum absolute atomic E-state index is 5.97. The molecule has 1 aromatic rings. The van der Waals surface area contributed by atoms with Gasteiger partial charge in [-0.2, -0.15) is 0 Å². The van der Waals surface area contributed by atoms with Gasteiger partial charge in [-0.15, -0.1) is 0 Å². The standard InChI is InChI=1S/C16H25N/c1-5-7-15-11-14(8-9-16(15)17)10-13(4)12(3)6-2/h8-9,11,13H,3,5-7,10,17H2,1-2,4H3. The van der Waals surface area contributed by atoms with Gasteiger partial charge in [-0.05, 0) is 42.4 Å². The Morgan fingerprint density at radius 1 is 1.35 bits per heavy atom. The Morgan fingerprint density at radius 3 is 2.65 bits per heavy atom. The second kappa shape index (κ2) is 6.48. The van der Waals surface area contributed by atoms with Gasteiger partial charge >= 0.3 is 0 Å². The van der Waals surface area contributed by atoms with Crippen LogP contribution in [0, 0.1) is 5.92 Å². The van der Waals surface area contributed by atoms with Gasteiger partial charge in [0, 0.05) is 5.69 Å². The topological polar surface area (TPSA) is 26.0 Å². The summed E-state index contributed by atoms with van der Waals surface area (Å²) in [6.45, 7) is 10.7. The Hall–Kier alpha value is -1.24. The lowest BCUT2D eigenvalue weighted by atomic mass is 9.91. The average Bonchev–Trinajstić information content (AvgIpc) is 2.32. The molecule has 17 heavy (non-hydrogen) atoms. The fraction of sp³-hybridized carbons (Fsp3) is 0.500. The number of allylic oxidation sites excluding steroid dienone is 1. The van der Waals surface area contributed by atoms with Crippen molar-refractivity contribution in [1.29, 1.82) is 0 Å². The highest BCUT2D eigenvalue weighted by Crippen LogP contribution is 2.21. The number of anilines is 1. The van der Waals surface area contributed by atoms with Crippen molar-refractivity contribution in [1.82, 2.24) is 0 Å². The Labute approximate surface area is 106 Å². The second-order valence-corrected chi connectivity index (χ2v) is 4.90. The summed E-state index contributed by atoms with van der Waals surface area (Å²) in [6, 6.07) is 6.45. The number of nitrogens with two attached hydrogens (primary N) is 1. The molecule has 2 N–H and O–H groups in total. The molecule has 94 valence electrons. The minimum atomic E-state index is 0.554. The summed E-state index contributed by atoms with van der Waals surface area (Å²) in [5.41, 5.74) is 10.9. The van der Waals surface area contributed by atoms with E-state index in [0.29, 0.717) is 5.92 Å². The first kappa shape index (κ1) is 13.8. The van der Waals surface area contributed by atoms with E-state index in [9.17, 15) is 0 Å². The smallest absolute Gasteiger partial charge is 0.0346 e. The molecule has 0 heterocycles. The summed E-state index contributed by atoms with van der Waals surface area (Å²) < 4.78 is 0. The van der Waals surface area contributed by atoms with E-state index in [1.54, 1.807) is 0 Å². The van der Waals surface area contributed by atoms with Gasteiger partial charge in [0.05, 0.1) is 0 Å². The van der Waals surface area contributed by atoms with E-state index in [2.05, 4.69) is 39.5 Å². The van der Waals surface area contributed by atoms with Crippen LogP contribution in [0.1, 0.15) is 44.7 Å². The fourth-order valence-electron chi connectivity index (χ4n) is 2.12. The maximum Gasteiger partial charge on any atom is 0.0346 e. The SMILES string of the molecule is C=C(CC)C(C)Cc1ccc(N)c(CCC)c1. The minimum Gasteiger partial charge on any atom is -0.399 e. The van der Waals surface area contributed by atoms with Gasteiger partial charge in [0.2, 0.25) is 0 Å². The molecule has 1 unspecified atom stereocenters. The van der Waals surface area contributed by atoms with Gasteiger partial charge in [0.1, 0.15) is 0 Å². The zero-order valence-corrected chi connectivity index (χ0v) is 11.4. The van der Waals surface area contributed by atoms with Crippen LogP contribution in [0.2, 0.25) is 0 Å². The van der Waals surface area contributed by atoms with Crippen molar-refractivity contribution in [3.05, 3.63) is 41.5 Å². The zero-order valence-electron chi connectivity index (χ0n) is 11.4. The first-order chi connectivity index (χ1) is 8.08. The van der Waals surface area contributed by atoms with E-state index >= 15 is 0 Å². The van der Waals surface area contributed by atoms with Gasteiger partial charge in [0.15, 0.2) is 0 Å². The van der Waals surface area contributed by atoms with Gasteiger partial charge in [-0.3, -0.25) is 0 Å². The van der Waals surface area contributed by atoms with Crippen molar-refractivity contribution in [2.24, 2.45) is 5.92 Å². The van der Waals surface area contributed by atoms with Gasteiger partial charge in [0.25, 0.3) is 0 Å². The first-order valence-corrected chi connectivity index (χ1v) is 6.63. The van der Waals surface area contributed by atoms with E-state index in [-0.39, 0.29) is 0 Å². The van der Waals surface area contributed by atoms with E-state index < -0.39 is 0 Å². The molecule has 1 heteroatoms. The molecule has 0 saturated heterocycles. The number of benzene rings is 1. The van der Waals surface area contributed by atoms with Crippen molar-refractivity contribution in [2.45, 2.75) is 46.5 Å². The van der Waals surface area contributed by atoms with Gasteiger partial charge in [-0.25, -0.2) is 0 Å². The molecule has 1 atom stereocenters. The lowest BCUT2D eigenvalue weighted by Crippen LogP contribution is -2.03. The van der Waals surface area contributed by atoms with E-state index in [4.69, 9.17) is 5.73 Å². The average molecular weight is 231 g/mol. The lowest BCUT2D eigenvalue weighted by Gasteiger charge is -2.14. The first-order valence-electron chi connectivity index (χ1n) is 6.63. The van der Waals surface area contributed by atoms with Crippen LogP contribution in [-0.2, 0) is 12.8 Å². The summed E-state index contributed by atoms with van der Waals surface area (Å²) in [4.78, 5) is 0. The summed E-state index contributed by atoms with van der Waals surface area (Å²) in [5.74, 6) is 0.554. The predicted octanol–water partition coefficient (Wildman–Crippen LogP) is 4.37. The quantitative estimate of drug-likeness (QED) is 0.571. The Kier molecular flexibility index (Phi) is 5.27. The molecule has 0 saturated carbocycles. The maximum atomic E-state index is 5.97. The molecular formula is C16H25N. The molecule has 0 aliphatic rings. The number of aryl methyl sites for hydroxylation is 1. The summed E-state index contributed by atoms with van der Waals surface area (Å²) in [6.07, 6.45) is 4.36. The summed E-state index contributed by atoms with van der Waals surface area (Å²) in [5, 5.41) is 0. The van der Waals surface area contributed by atoms with Gasteiger partial charge in [-0.1, -0.05) is 51.5 Å². The molecule has 0 bridgehead atoms. The highest BCUT2D eigenvalue weighted by molar-refractivity contribution is 5.48. The molecule has 0 aliphatic carbocycles. The van der Waals surface area contributed by atoms with Crippen molar-refractivity contribution >= 4 is 5.69 Å². The van der Waals surface area contributed by atoms with Crippen LogP contribution in [0.15, 0.2) is 30.4 Å². The predicted molar refractivity (Wildman–Crippen MR) is 77.1 cm³/mol. The molecule has 0 radical (unpaired) electrons. The Morgan fingerprint density at radius 2 is 2.06 bits per heavy atom. The highest BCUT2D eigenvalue weighted by atomic mass is 14.6. The zero-order chi connectivity index (χ0) is 12.8. The Bertz CT molecular complexity index is 379. The summed E-state index contributed by atoms with van der Waals surface area (Å²) in [7, 11) is 0. The third-order valence-electron chi connectivity index (χ3n) is 3.42. The van der Waals surface area contributed by atoms with Crippen LogP contribution in [0.4, 0.5) is 5.69 Å². The number of hydrogen-bond donors (Lipinski definition) is 1. The molecule has 1 aromatic carbocycles. The number of nitrogen functional groups attached to an aromatic ring is 1. The fourth-order valence-corrected chi connectivity index (χ4v) is 2.12. The van der Waals surface area contributed by atoms with E-state index in [1.165, 1.54) is 16.7 Å². The van der Waals surface area contributed by atoms with Crippen molar-refractivity contribution in [3.8, 4) is 0 Å². The normalized spacial score (nSPS) is 12.4. The van der Waals surface area contributed by atoms with Crippen LogP contribution < -0.4 is 5.73 Å². The minimum absolute atomic E-state index is 0.554. The monoisotopic (exact) mass is 231 g/mol. The molecular weight excluding hydrogens is 206 g/mol.